The number of amides is 1. The number of nitrogens with zero attached hydrogens (tertiary/aromatic N) is 1. The van der Waals surface area contributed by atoms with Gasteiger partial charge < -0.3 is 5.32 Å². The highest BCUT2D eigenvalue weighted by molar-refractivity contribution is 5.80. The molecule has 0 aromatic heterocycles. The van der Waals surface area contributed by atoms with Gasteiger partial charge in [-0.25, -0.2) is 0 Å². The number of carbonyl (C=O) groups excluding carboxylic acids is 1. The lowest BCUT2D eigenvalue weighted by atomic mass is 9.84. The monoisotopic (exact) mass is 178 g/mol. The molecule has 0 aromatic rings. The molecule has 1 amide bonds. The minimum Gasteiger partial charge on any atom is -0.340 e. The molecule has 0 spiro atoms. The molecule has 0 aliphatic heterocycles. The van der Waals surface area contributed by atoms with E-state index in [1.54, 1.807) is 0 Å². The second-order valence-corrected chi connectivity index (χ2v) is 4.08. The van der Waals surface area contributed by atoms with Crippen molar-refractivity contribution in [3.63, 3.8) is 0 Å². The van der Waals surface area contributed by atoms with Gasteiger partial charge in [0.15, 0.2) is 0 Å². The maximum absolute atomic E-state index is 11.5. The Balaban J connectivity index is 1.81. The molecule has 13 heavy (non-hydrogen) atoms. The molecule has 0 aromatic carbocycles. The Kier molecular flexibility index (Phi) is 2.22. The lowest BCUT2D eigenvalue weighted by Crippen LogP contribution is -2.41. The fourth-order valence-corrected chi connectivity index (χ4v) is 1.63. The van der Waals surface area contributed by atoms with Crippen LogP contribution in [0, 0.1) is 23.2 Å². The van der Waals surface area contributed by atoms with Gasteiger partial charge in [-0.15, -0.1) is 0 Å². The molecule has 3 heteroatoms. The maximum Gasteiger partial charge on any atom is 0.224 e. The maximum atomic E-state index is 11.5. The van der Waals surface area contributed by atoms with Crippen molar-refractivity contribution in [3.8, 4) is 6.07 Å². The molecule has 70 valence electrons. The Morgan fingerprint density at radius 3 is 2.46 bits per heavy atom. The third kappa shape index (κ3) is 1.82. The van der Waals surface area contributed by atoms with Crippen molar-refractivity contribution in [2.24, 2.45) is 11.8 Å². The number of carbonyl (C=O) groups is 1. The van der Waals surface area contributed by atoms with Gasteiger partial charge in [0.05, 0.1) is 6.07 Å². The summed E-state index contributed by atoms with van der Waals surface area (Å²) in [7, 11) is 0. The summed E-state index contributed by atoms with van der Waals surface area (Å²) in [5.41, 5.74) is 0. The van der Waals surface area contributed by atoms with Crippen LogP contribution in [0.15, 0.2) is 0 Å². The summed E-state index contributed by atoms with van der Waals surface area (Å²) in [5.74, 6) is 0.744. The van der Waals surface area contributed by atoms with Gasteiger partial charge in [-0.3, -0.25) is 4.79 Å². The SMILES string of the molecule is N#CC(NC(=O)C1CCC1)C1CC1. The lowest BCUT2D eigenvalue weighted by molar-refractivity contribution is -0.127. The zero-order valence-electron chi connectivity index (χ0n) is 7.62. The van der Waals surface area contributed by atoms with Crippen LogP contribution in [0.25, 0.3) is 0 Å². The summed E-state index contributed by atoms with van der Waals surface area (Å²) in [5, 5.41) is 11.6. The molecule has 0 saturated heterocycles. The van der Waals surface area contributed by atoms with E-state index in [1.807, 2.05) is 0 Å². The highest BCUT2D eigenvalue weighted by atomic mass is 16.2. The predicted octanol–water partition coefficient (Wildman–Crippen LogP) is 1.20. The lowest BCUT2D eigenvalue weighted by Gasteiger charge is -2.25. The normalized spacial score (nSPS) is 24.2. The van der Waals surface area contributed by atoms with Crippen molar-refractivity contribution in [2.45, 2.75) is 38.1 Å². The minimum atomic E-state index is -0.215. The molecule has 2 saturated carbocycles. The van der Waals surface area contributed by atoms with E-state index < -0.39 is 0 Å². The van der Waals surface area contributed by atoms with E-state index in [0.717, 1.165) is 25.7 Å². The van der Waals surface area contributed by atoms with Crippen molar-refractivity contribution in [3.05, 3.63) is 0 Å². The van der Waals surface area contributed by atoms with Gasteiger partial charge in [0.2, 0.25) is 5.91 Å². The first kappa shape index (κ1) is 8.55. The summed E-state index contributed by atoms with van der Waals surface area (Å²) in [4.78, 5) is 11.5. The fraction of sp³-hybridized carbons (Fsp3) is 0.800. The quantitative estimate of drug-likeness (QED) is 0.706. The molecule has 1 atom stereocenters. The summed E-state index contributed by atoms with van der Waals surface area (Å²) < 4.78 is 0. The molecule has 0 radical (unpaired) electrons. The number of hydrogen-bond donors (Lipinski definition) is 1. The third-order valence-electron chi connectivity index (χ3n) is 3.01. The first-order chi connectivity index (χ1) is 6.31. The van der Waals surface area contributed by atoms with Gasteiger partial charge in [-0.2, -0.15) is 5.26 Å². The van der Waals surface area contributed by atoms with Crippen LogP contribution in [0.3, 0.4) is 0 Å². The van der Waals surface area contributed by atoms with E-state index >= 15 is 0 Å². The van der Waals surface area contributed by atoms with Crippen molar-refractivity contribution in [1.82, 2.24) is 5.32 Å². The van der Waals surface area contributed by atoms with Crippen LogP contribution in [0.4, 0.5) is 0 Å². The summed E-state index contributed by atoms with van der Waals surface area (Å²) in [6.45, 7) is 0. The van der Waals surface area contributed by atoms with Gasteiger partial charge in [-0.1, -0.05) is 6.42 Å². The van der Waals surface area contributed by atoms with Gasteiger partial charge in [-0.05, 0) is 31.6 Å². The van der Waals surface area contributed by atoms with Gasteiger partial charge >= 0.3 is 0 Å². The molecule has 2 rings (SSSR count). The molecular formula is C10H14N2O. The topological polar surface area (TPSA) is 52.9 Å². The van der Waals surface area contributed by atoms with Gasteiger partial charge in [0.1, 0.15) is 6.04 Å². The van der Waals surface area contributed by atoms with Gasteiger partial charge in [0.25, 0.3) is 0 Å². The molecule has 0 heterocycles. The minimum absolute atomic E-state index is 0.102. The molecule has 1 N–H and O–H groups in total. The van der Waals surface area contributed by atoms with E-state index in [9.17, 15) is 4.79 Å². The second-order valence-electron chi connectivity index (χ2n) is 4.08. The molecule has 2 fully saturated rings. The second kappa shape index (κ2) is 3.37. The Bertz CT molecular complexity index is 248. The fourth-order valence-electron chi connectivity index (χ4n) is 1.63. The van der Waals surface area contributed by atoms with E-state index in [2.05, 4.69) is 11.4 Å². The molecule has 2 aliphatic carbocycles. The van der Waals surface area contributed by atoms with Crippen molar-refractivity contribution < 1.29 is 4.79 Å². The summed E-state index contributed by atoms with van der Waals surface area (Å²) in [6, 6.07) is 1.95. The smallest absolute Gasteiger partial charge is 0.224 e. The average molecular weight is 178 g/mol. The standard InChI is InChI=1S/C10H14N2O/c11-6-9(7-4-5-7)12-10(13)8-2-1-3-8/h7-9H,1-5H2,(H,12,13). The highest BCUT2D eigenvalue weighted by Crippen LogP contribution is 2.33. The van der Waals surface area contributed by atoms with E-state index in [-0.39, 0.29) is 17.9 Å². The zero-order valence-corrected chi connectivity index (χ0v) is 7.62. The Labute approximate surface area is 78.1 Å². The van der Waals surface area contributed by atoms with Crippen LogP contribution in [-0.4, -0.2) is 11.9 Å². The molecule has 0 bridgehead atoms. The predicted molar refractivity (Wildman–Crippen MR) is 47.6 cm³/mol. The Morgan fingerprint density at radius 1 is 1.38 bits per heavy atom. The van der Waals surface area contributed by atoms with E-state index in [0.29, 0.717) is 5.92 Å². The van der Waals surface area contributed by atoms with Crippen LogP contribution < -0.4 is 5.32 Å². The molecule has 3 nitrogen and oxygen atoms in total. The first-order valence-electron chi connectivity index (χ1n) is 5.01. The van der Waals surface area contributed by atoms with Gasteiger partial charge in [0, 0.05) is 5.92 Å². The van der Waals surface area contributed by atoms with Crippen LogP contribution in [0.5, 0.6) is 0 Å². The van der Waals surface area contributed by atoms with Crippen LogP contribution in [-0.2, 0) is 4.79 Å². The average Bonchev–Trinajstić information content (AvgIpc) is 2.79. The van der Waals surface area contributed by atoms with E-state index in [4.69, 9.17) is 5.26 Å². The highest BCUT2D eigenvalue weighted by Gasteiger charge is 2.34. The molecular weight excluding hydrogens is 164 g/mol. The van der Waals surface area contributed by atoms with Crippen molar-refractivity contribution in [2.75, 3.05) is 0 Å². The number of nitriles is 1. The summed E-state index contributed by atoms with van der Waals surface area (Å²) in [6.07, 6.45) is 5.38. The van der Waals surface area contributed by atoms with Crippen LogP contribution >= 0.6 is 0 Å². The zero-order chi connectivity index (χ0) is 9.26. The first-order valence-corrected chi connectivity index (χ1v) is 5.01. The Hall–Kier alpha value is -1.04. The molecule has 2 aliphatic rings. The Morgan fingerprint density at radius 2 is 2.08 bits per heavy atom. The van der Waals surface area contributed by atoms with Crippen molar-refractivity contribution in [1.29, 1.82) is 5.26 Å². The van der Waals surface area contributed by atoms with Crippen LogP contribution in [0.1, 0.15) is 32.1 Å². The number of nitrogens with one attached hydrogen (secondary N) is 1. The molecule has 1 unspecified atom stereocenters. The number of rotatable bonds is 3. The van der Waals surface area contributed by atoms with E-state index in [1.165, 1.54) is 6.42 Å². The summed E-state index contributed by atoms with van der Waals surface area (Å²) >= 11 is 0. The van der Waals surface area contributed by atoms with Crippen molar-refractivity contribution >= 4 is 5.91 Å². The van der Waals surface area contributed by atoms with Crippen LogP contribution in [0.2, 0.25) is 0 Å². The third-order valence-corrected chi connectivity index (χ3v) is 3.01. The largest absolute Gasteiger partial charge is 0.340 e. The number of hydrogen-bond acceptors (Lipinski definition) is 2.